The van der Waals surface area contributed by atoms with Crippen LogP contribution in [-0.4, -0.2) is 24.5 Å². The molecular weight excluding hydrogens is 345 g/mol. The summed E-state index contributed by atoms with van der Waals surface area (Å²) in [6, 6.07) is 17.2. The lowest BCUT2D eigenvalue weighted by molar-refractivity contribution is 0.102. The minimum Gasteiger partial charge on any atom is -0.497 e. The second-order valence-electron chi connectivity index (χ2n) is 5.89. The molecule has 0 bridgehead atoms. The molecule has 3 aromatic rings. The Balaban J connectivity index is 1.52. The summed E-state index contributed by atoms with van der Waals surface area (Å²) in [6.07, 6.45) is 2.36. The fourth-order valence-corrected chi connectivity index (χ4v) is 2.58. The number of halogens is 1. The van der Waals surface area contributed by atoms with Crippen LogP contribution in [0.2, 0.25) is 0 Å². The van der Waals surface area contributed by atoms with Crippen molar-refractivity contribution in [2.45, 2.75) is 6.42 Å². The molecule has 1 amide bonds. The van der Waals surface area contributed by atoms with Crippen LogP contribution in [-0.2, 0) is 6.42 Å². The molecule has 0 aliphatic heterocycles. The third-order valence-electron chi connectivity index (χ3n) is 3.99. The normalized spacial score (nSPS) is 10.3. The minimum absolute atomic E-state index is 0.00186. The van der Waals surface area contributed by atoms with Crippen LogP contribution in [0.15, 0.2) is 66.9 Å². The summed E-state index contributed by atoms with van der Waals surface area (Å²) in [5.74, 6) is 0.467. The molecule has 3 rings (SSSR count). The number of anilines is 2. The highest BCUT2D eigenvalue weighted by Gasteiger charge is 2.11. The lowest BCUT2D eigenvalue weighted by atomic mass is 10.1. The van der Waals surface area contributed by atoms with Gasteiger partial charge in [0, 0.05) is 6.54 Å². The van der Waals surface area contributed by atoms with Crippen molar-refractivity contribution in [3.05, 3.63) is 83.8 Å². The van der Waals surface area contributed by atoms with Gasteiger partial charge in [-0.25, -0.2) is 9.37 Å². The number of carbonyl (C=O) groups is 1. The molecular formula is C21H20FN3O2. The zero-order valence-electron chi connectivity index (χ0n) is 14.9. The third kappa shape index (κ3) is 5.04. The van der Waals surface area contributed by atoms with E-state index >= 15 is 0 Å². The SMILES string of the molecule is COc1cccc(CCNc2ccc(NC(=O)c3ccccc3F)cn2)c1. The summed E-state index contributed by atoms with van der Waals surface area (Å²) >= 11 is 0. The number of aromatic nitrogens is 1. The molecule has 0 saturated carbocycles. The predicted octanol–water partition coefficient (Wildman–Crippen LogP) is 4.14. The van der Waals surface area contributed by atoms with Crippen molar-refractivity contribution < 1.29 is 13.9 Å². The van der Waals surface area contributed by atoms with Gasteiger partial charge in [0.25, 0.3) is 5.91 Å². The highest BCUT2D eigenvalue weighted by molar-refractivity contribution is 6.04. The van der Waals surface area contributed by atoms with Crippen molar-refractivity contribution in [3.8, 4) is 5.75 Å². The van der Waals surface area contributed by atoms with Gasteiger partial charge in [-0.2, -0.15) is 0 Å². The van der Waals surface area contributed by atoms with Crippen LogP contribution in [0.1, 0.15) is 15.9 Å². The second-order valence-corrected chi connectivity index (χ2v) is 5.89. The first-order valence-corrected chi connectivity index (χ1v) is 8.54. The van der Waals surface area contributed by atoms with Crippen molar-refractivity contribution in [3.63, 3.8) is 0 Å². The standard InChI is InChI=1S/C21H20FN3O2/c1-27-17-6-4-5-15(13-17)11-12-23-20-10-9-16(14-24-20)25-21(26)18-7-2-3-8-19(18)22/h2-10,13-14H,11-12H2,1H3,(H,23,24)(H,25,26). The predicted molar refractivity (Wildman–Crippen MR) is 104 cm³/mol. The molecule has 6 heteroatoms. The molecule has 0 spiro atoms. The number of hydrogen-bond donors (Lipinski definition) is 2. The van der Waals surface area contributed by atoms with Crippen LogP contribution in [0.3, 0.4) is 0 Å². The molecule has 0 saturated heterocycles. The fraction of sp³-hybridized carbons (Fsp3) is 0.143. The smallest absolute Gasteiger partial charge is 0.258 e. The average molecular weight is 365 g/mol. The number of amides is 1. The van der Waals surface area contributed by atoms with Gasteiger partial charge < -0.3 is 15.4 Å². The molecule has 1 heterocycles. The van der Waals surface area contributed by atoms with Gasteiger partial charge in [-0.05, 0) is 48.4 Å². The highest BCUT2D eigenvalue weighted by Crippen LogP contribution is 2.15. The van der Waals surface area contributed by atoms with Gasteiger partial charge in [-0.1, -0.05) is 24.3 Å². The number of hydrogen-bond acceptors (Lipinski definition) is 4. The Kier molecular flexibility index (Phi) is 5.99. The number of nitrogens with zero attached hydrogens (tertiary/aromatic N) is 1. The van der Waals surface area contributed by atoms with Crippen LogP contribution in [0.4, 0.5) is 15.9 Å². The van der Waals surface area contributed by atoms with Gasteiger partial charge in [0.2, 0.25) is 0 Å². The first kappa shape index (κ1) is 18.4. The molecule has 1 aromatic heterocycles. The lowest BCUT2D eigenvalue weighted by Gasteiger charge is -2.09. The van der Waals surface area contributed by atoms with Crippen LogP contribution >= 0.6 is 0 Å². The Morgan fingerprint density at radius 1 is 1.11 bits per heavy atom. The van der Waals surface area contributed by atoms with Gasteiger partial charge in [0.15, 0.2) is 0 Å². The largest absolute Gasteiger partial charge is 0.497 e. The summed E-state index contributed by atoms with van der Waals surface area (Å²) < 4.78 is 18.9. The van der Waals surface area contributed by atoms with Crippen molar-refractivity contribution in [1.82, 2.24) is 4.98 Å². The molecule has 5 nitrogen and oxygen atoms in total. The van der Waals surface area contributed by atoms with Crippen molar-refractivity contribution in [2.75, 3.05) is 24.3 Å². The van der Waals surface area contributed by atoms with E-state index in [1.54, 1.807) is 31.4 Å². The summed E-state index contributed by atoms with van der Waals surface area (Å²) in [4.78, 5) is 16.4. The van der Waals surface area contributed by atoms with E-state index in [2.05, 4.69) is 15.6 Å². The van der Waals surface area contributed by atoms with E-state index in [1.807, 2.05) is 24.3 Å². The lowest BCUT2D eigenvalue weighted by Crippen LogP contribution is -2.14. The molecule has 0 atom stereocenters. The number of pyridine rings is 1. The van der Waals surface area contributed by atoms with Gasteiger partial charge in [0.1, 0.15) is 17.4 Å². The van der Waals surface area contributed by atoms with E-state index < -0.39 is 11.7 Å². The van der Waals surface area contributed by atoms with Gasteiger partial charge in [-0.3, -0.25) is 4.79 Å². The first-order valence-electron chi connectivity index (χ1n) is 8.54. The van der Waals surface area contributed by atoms with Crippen LogP contribution in [0.5, 0.6) is 5.75 Å². The van der Waals surface area contributed by atoms with E-state index in [9.17, 15) is 9.18 Å². The van der Waals surface area contributed by atoms with Crippen LogP contribution < -0.4 is 15.4 Å². The van der Waals surface area contributed by atoms with E-state index in [1.165, 1.54) is 18.3 Å². The van der Waals surface area contributed by atoms with Gasteiger partial charge in [0.05, 0.1) is 24.6 Å². The zero-order valence-corrected chi connectivity index (χ0v) is 14.9. The minimum atomic E-state index is -0.557. The Labute approximate surface area is 157 Å². The van der Waals surface area contributed by atoms with Crippen LogP contribution in [0.25, 0.3) is 0 Å². The summed E-state index contributed by atoms with van der Waals surface area (Å²) in [7, 11) is 1.65. The fourth-order valence-electron chi connectivity index (χ4n) is 2.58. The van der Waals surface area contributed by atoms with E-state index in [0.717, 1.165) is 17.7 Å². The first-order chi connectivity index (χ1) is 13.2. The number of nitrogens with one attached hydrogen (secondary N) is 2. The molecule has 0 unspecified atom stereocenters. The summed E-state index contributed by atoms with van der Waals surface area (Å²) in [6.45, 7) is 0.709. The monoisotopic (exact) mass is 365 g/mol. The van der Waals surface area contributed by atoms with Crippen molar-refractivity contribution >= 4 is 17.4 Å². The molecule has 0 fully saturated rings. The van der Waals surface area contributed by atoms with Gasteiger partial charge >= 0.3 is 0 Å². The van der Waals surface area contributed by atoms with E-state index in [-0.39, 0.29) is 5.56 Å². The molecule has 138 valence electrons. The van der Waals surface area contributed by atoms with Crippen LogP contribution in [0, 0.1) is 5.82 Å². The Morgan fingerprint density at radius 3 is 2.70 bits per heavy atom. The van der Waals surface area contributed by atoms with Crippen molar-refractivity contribution in [2.24, 2.45) is 0 Å². The van der Waals surface area contributed by atoms with Gasteiger partial charge in [-0.15, -0.1) is 0 Å². The second kappa shape index (κ2) is 8.80. The summed E-state index contributed by atoms with van der Waals surface area (Å²) in [5, 5.41) is 5.87. The Hall–Kier alpha value is -3.41. The number of ether oxygens (including phenoxy) is 1. The number of carbonyl (C=O) groups excluding carboxylic acids is 1. The molecule has 2 aromatic carbocycles. The van der Waals surface area contributed by atoms with E-state index in [0.29, 0.717) is 18.1 Å². The number of rotatable bonds is 7. The zero-order chi connectivity index (χ0) is 19.1. The summed E-state index contributed by atoms with van der Waals surface area (Å²) in [5.41, 5.74) is 1.66. The topological polar surface area (TPSA) is 63.2 Å². The average Bonchev–Trinajstić information content (AvgIpc) is 2.70. The Morgan fingerprint density at radius 2 is 1.96 bits per heavy atom. The molecule has 2 N–H and O–H groups in total. The maximum atomic E-state index is 13.6. The molecule has 0 aliphatic carbocycles. The van der Waals surface area contributed by atoms with Crippen molar-refractivity contribution in [1.29, 1.82) is 0 Å². The highest BCUT2D eigenvalue weighted by atomic mass is 19.1. The molecule has 27 heavy (non-hydrogen) atoms. The number of benzene rings is 2. The molecule has 0 radical (unpaired) electrons. The van der Waals surface area contributed by atoms with E-state index in [4.69, 9.17) is 4.74 Å². The number of methoxy groups -OCH3 is 1. The maximum absolute atomic E-state index is 13.6. The maximum Gasteiger partial charge on any atom is 0.258 e. The quantitative estimate of drug-likeness (QED) is 0.661. The molecule has 0 aliphatic rings. The Bertz CT molecular complexity index is 913. The third-order valence-corrected chi connectivity index (χ3v) is 3.99.